The summed E-state index contributed by atoms with van der Waals surface area (Å²) < 4.78 is 5.70. The average Bonchev–Trinajstić information content (AvgIpc) is 2.88. The zero-order valence-corrected chi connectivity index (χ0v) is 24.9. The Morgan fingerprint density at radius 3 is 1.70 bits per heavy atom. The van der Waals surface area contributed by atoms with Crippen molar-refractivity contribution in [3.05, 3.63) is 0 Å². The molecule has 5 heteroatoms. The van der Waals surface area contributed by atoms with Crippen LogP contribution in [0.1, 0.15) is 168 Å². The van der Waals surface area contributed by atoms with Gasteiger partial charge in [-0.25, -0.2) is 0 Å². The summed E-state index contributed by atoms with van der Waals surface area (Å²) >= 11 is 0. The smallest absolute Gasteiger partial charge is 0.307 e. The van der Waals surface area contributed by atoms with E-state index in [-0.39, 0.29) is 11.9 Å². The maximum atomic E-state index is 12.6. The van der Waals surface area contributed by atoms with Crippen molar-refractivity contribution in [2.24, 2.45) is 4.99 Å². The Morgan fingerprint density at radius 1 is 0.784 bits per heavy atom. The highest BCUT2D eigenvalue weighted by molar-refractivity contribution is 6.00. The molecule has 0 radical (unpaired) electrons. The number of aliphatic imine (C=N–C) groups is 1. The molecule has 0 aromatic heterocycles. The topological polar surface area (TPSA) is 59.0 Å². The van der Waals surface area contributed by atoms with E-state index in [9.17, 15) is 9.59 Å². The van der Waals surface area contributed by atoms with Crippen LogP contribution in [-0.2, 0) is 14.3 Å². The van der Waals surface area contributed by atoms with Crippen LogP contribution in [0, 0.1) is 0 Å². The number of rotatable bonds is 23. The first-order valence-electron chi connectivity index (χ1n) is 16.1. The number of nitrogens with zero attached hydrogens (tertiary/aromatic N) is 2. The Kier molecular flexibility index (Phi) is 21.6. The van der Waals surface area contributed by atoms with E-state index >= 15 is 0 Å². The van der Waals surface area contributed by atoms with Crippen LogP contribution in [0.5, 0.6) is 0 Å². The van der Waals surface area contributed by atoms with Crippen molar-refractivity contribution >= 4 is 17.6 Å². The highest BCUT2D eigenvalue weighted by Crippen LogP contribution is 2.16. The summed E-state index contributed by atoms with van der Waals surface area (Å²) in [5.74, 6) is -0.150. The van der Waals surface area contributed by atoms with Crippen molar-refractivity contribution in [2.45, 2.75) is 175 Å². The highest BCUT2D eigenvalue weighted by Gasteiger charge is 2.26. The normalized spacial score (nSPS) is 15.3. The van der Waals surface area contributed by atoms with Gasteiger partial charge in [0.1, 0.15) is 0 Å². The summed E-state index contributed by atoms with van der Waals surface area (Å²) in [5, 5.41) is 0. The second-order valence-electron chi connectivity index (χ2n) is 11.2. The number of amides is 1. The van der Waals surface area contributed by atoms with Crippen molar-refractivity contribution in [1.29, 1.82) is 0 Å². The van der Waals surface area contributed by atoms with Crippen LogP contribution >= 0.6 is 0 Å². The lowest BCUT2D eigenvalue weighted by molar-refractivity contribution is -0.165. The quantitative estimate of drug-likeness (QED) is 0.0996. The minimum Gasteiger partial charge on any atom is -0.441 e. The maximum absolute atomic E-state index is 12.6. The van der Waals surface area contributed by atoms with Gasteiger partial charge in [0.05, 0.1) is 6.42 Å². The first-order chi connectivity index (χ1) is 18.1. The zero-order valence-electron chi connectivity index (χ0n) is 24.9. The average molecular weight is 521 g/mol. The molecule has 0 N–H and O–H groups in total. The number of esters is 1. The monoisotopic (exact) mass is 520 g/mol. The van der Waals surface area contributed by atoms with Gasteiger partial charge in [0.15, 0.2) is 6.23 Å². The minimum atomic E-state index is -0.439. The van der Waals surface area contributed by atoms with Crippen LogP contribution in [0.15, 0.2) is 4.99 Å². The molecule has 0 spiro atoms. The molecule has 0 aliphatic carbocycles. The van der Waals surface area contributed by atoms with Gasteiger partial charge in [-0.3, -0.25) is 14.6 Å². The summed E-state index contributed by atoms with van der Waals surface area (Å²) in [6.07, 6.45) is 27.3. The third-order valence-corrected chi connectivity index (χ3v) is 7.62. The molecular formula is C32H60N2O3. The Hall–Kier alpha value is -1.39. The molecule has 1 heterocycles. The summed E-state index contributed by atoms with van der Waals surface area (Å²) in [4.78, 5) is 31.1. The number of hydrogen-bond donors (Lipinski definition) is 0. The van der Waals surface area contributed by atoms with Crippen LogP contribution in [0.25, 0.3) is 0 Å². The Balaban J connectivity index is 1.93. The molecule has 1 rings (SSSR count). The van der Waals surface area contributed by atoms with Crippen molar-refractivity contribution < 1.29 is 14.3 Å². The third-order valence-electron chi connectivity index (χ3n) is 7.62. The van der Waals surface area contributed by atoms with E-state index in [1.807, 2.05) is 13.8 Å². The number of ether oxygens (including phenoxy) is 1. The minimum absolute atomic E-state index is 0.0177. The highest BCUT2D eigenvalue weighted by atomic mass is 16.6. The van der Waals surface area contributed by atoms with Gasteiger partial charge in [0.25, 0.3) is 0 Å². The van der Waals surface area contributed by atoms with Crippen LogP contribution in [0.3, 0.4) is 0 Å². The van der Waals surface area contributed by atoms with Gasteiger partial charge >= 0.3 is 5.97 Å². The summed E-state index contributed by atoms with van der Waals surface area (Å²) in [5.41, 5.74) is 0.866. The fraction of sp³-hybridized carbons (Fsp3) is 0.906. The Morgan fingerprint density at radius 2 is 1.24 bits per heavy atom. The molecule has 37 heavy (non-hydrogen) atoms. The molecule has 1 amide bonds. The van der Waals surface area contributed by atoms with E-state index in [2.05, 4.69) is 11.9 Å². The lowest BCUT2D eigenvalue weighted by atomic mass is 10.0. The van der Waals surface area contributed by atoms with Crippen molar-refractivity contribution in [2.75, 3.05) is 13.1 Å². The van der Waals surface area contributed by atoms with Crippen molar-refractivity contribution in [3.63, 3.8) is 0 Å². The molecule has 0 aromatic carbocycles. The molecule has 1 aliphatic heterocycles. The first kappa shape index (κ1) is 33.6. The predicted molar refractivity (Wildman–Crippen MR) is 157 cm³/mol. The van der Waals surface area contributed by atoms with Gasteiger partial charge in [-0.15, -0.1) is 0 Å². The molecule has 1 atom stereocenters. The third kappa shape index (κ3) is 18.5. The molecule has 1 unspecified atom stereocenters. The van der Waals surface area contributed by atoms with Crippen LogP contribution in [-0.4, -0.2) is 41.8 Å². The lowest BCUT2D eigenvalue weighted by Crippen LogP contribution is -2.44. The molecule has 216 valence electrons. The summed E-state index contributed by atoms with van der Waals surface area (Å²) in [7, 11) is 0. The molecule has 0 aromatic rings. The van der Waals surface area contributed by atoms with Gasteiger partial charge in [-0.2, -0.15) is 0 Å². The molecule has 0 bridgehead atoms. The second kappa shape index (κ2) is 23.7. The molecule has 0 saturated carbocycles. The van der Waals surface area contributed by atoms with E-state index in [1.165, 1.54) is 109 Å². The first-order valence-corrected chi connectivity index (χ1v) is 16.1. The SMILES string of the molecule is CCCCCCCCCCCCCCCCCCCCCC(=O)OC(CC)N1CCCN=C(C)CC1=O. The number of unbranched alkanes of at least 4 members (excludes halogenated alkanes) is 18. The van der Waals surface area contributed by atoms with Crippen molar-refractivity contribution in [1.82, 2.24) is 4.90 Å². The van der Waals surface area contributed by atoms with Gasteiger partial charge in [0, 0.05) is 31.6 Å². The predicted octanol–water partition coefficient (Wildman–Crippen LogP) is 9.17. The van der Waals surface area contributed by atoms with E-state index in [1.54, 1.807) is 4.90 Å². The number of carbonyl (C=O) groups is 2. The summed E-state index contributed by atoms with van der Waals surface area (Å²) in [6.45, 7) is 7.50. The number of hydrogen-bond acceptors (Lipinski definition) is 4. The van der Waals surface area contributed by atoms with Crippen molar-refractivity contribution in [3.8, 4) is 0 Å². The zero-order chi connectivity index (χ0) is 27.0. The van der Waals surface area contributed by atoms with Crippen LogP contribution in [0.2, 0.25) is 0 Å². The second-order valence-corrected chi connectivity index (χ2v) is 11.2. The number of carbonyl (C=O) groups excluding carboxylic acids is 2. The molecule has 1 aliphatic rings. The van der Waals surface area contributed by atoms with E-state index in [0.717, 1.165) is 31.5 Å². The largest absolute Gasteiger partial charge is 0.441 e. The molecule has 0 saturated heterocycles. The molecule has 5 nitrogen and oxygen atoms in total. The van der Waals surface area contributed by atoms with Crippen LogP contribution < -0.4 is 0 Å². The fourth-order valence-electron chi connectivity index (χ4n) is 5.24. The van der Waals surface area contributed by atoms with E-state index < -0.39 is 6.23 Å². The van der Waals surface area contributed by atoms with E-state index in [4.69, 9.17) is 4.74 Å². The summed E-state index contributed by atoms with van der Waals surface area (Å²) in [6, 6.07) is 0. The lowest BCUT2D eigenvalue weighted by Gasteiger charge is -2.31. The fourth-order valence-corrected chi connectivity index (χ4v) is 5.24. The van der Waals surface area contributed by atoms with Gasteiger partial charge in [-0.1, -0.05) is 129 Å². The Labute approximate surface area is 229 Å². The van der Waals surface area contributed by atoms with Gasteiger partial charge < -0.3 is 9.64 Å². The Bertz CT molecular complexity index is 605. The van der Waals surface area contributed by atoms with Gasteiger partial charge in [0.2, 0.25) is 5.91 Å². The molecular weight excluding hydrogens is 460 g/mol. The van der Waals surface area contributed by atoms with Gasteiger partial charge in [-0.05, 0) is 19.8 Å². The standard InChI is InChI=1S/C32H60N2O3/c1-4-6-7-8-9-10-11-12-13-14-15-16-17-18-19-20-21-22-23-25-32(36)37-31(5-2)34-27-24-26-33-29(3)28-30(34)35/h31H,4-28H2,1-3H3. The van der Waals surface area contributed by atoms with E-state index in [0.29, 0.717) is 25.8 Å². The maximum Gasteiger partial charge on any atom is 0.307 e. The molecule has 0 fully saturated rings. The van der Waals surface area contributed by atoms with Crippen LogP contribution in [0.4, 0.5) is 0 Å².